The molecular formula is C29H28N4O3. The lowest BCUT2D eigenvalue weighted by Gasteiger charge is -2.35. The van der Waals surface area contributed by atoms with Gasteiger partial charge in [0.05, 0.1) is 24.4 Å². The second-order valence-corrected chi connectivity index (χ2v) is 9.13. The highest BCUT2D eigenvalue weighted by Gasteiger charge is 2.36. The zero-order valence-electron chi connectivity index (χ0n) is 21.0. The minimum absolute atomic E-state index is 0.222. The molecule has 0 spiro atoms. The molecule has 1 aliphatic rings. The summed E-state index contributed by atoms with van der Waals surface area (Å²) in [5.74, 6) is 1.59. The number of nitrogens with one attached hydrogen (secondary N) is 1. The van der Waals surface area contributed by atoms with Crippen LogP contribution in [0, 0.1) is 20.8 Å². The summed E-state index contributed by atoms with van der Waals surface area (Å²) in [4.78, 5) is 19.9. The molecule has 0 aliphatic carbocycles. The topological polar surface area (TPSA) is 80.5 Å². The van der Waals surface area contributed by atoms with E-state index < -0.39 is 6.04 Å². The van der Waals surface area contributed by atoms with Gasteiger partial charge in [-0.05, 0) is 68.7 Å². The van der Waals surface area contributed by atoms with E-state index in [0.717, 1.165) is 50.5 Å². The molecule has 0 radical (unpaired) electrons. The van der Waals surface area contributed by atoms with E-state index >= 15 is 0 Å². The maximum atomic E-state index is 13.5. The third-order valence-electron chi connectivity index (χ3n) is 6.36. The van der Waals surface area contributed by atoms with E-state index in [0.29, 0.717) is 11.7 Å². The molecule has 3 aromatic carbocycles. The van der Waals surface area contributed by atoms with Gasteiger partial charge in [-0.15, -0.1) is 0 Å². The number of carbonyl (C=O) groups excluding carboxylic acids is 1. The highest BCUT2D eigenvalue weighted by Crippen LogP contribution is 2.39. The van der Waals surface area contributed by atoms with Crippen LogP contribution in [0.5, 0.6) is 5.75 Å². The van der Waals surface area contributed by atoms with Gasteiger partial charge in [0.1, 0.15) is 5.75 Å². The maximum Gasteiger partial charge on any atom is 0.326 e. The molecule has 182 valence electrons. The van der Waals surface area contributed by atoms with Crippen LogP contribution in [0.1, 0.15) is 41.1 Å². The summed E-state index contributed by atoms with van der Waals surface area (Å²) in [7, 11) is 1.62. The number of urea groups is 1. The summed E-state index contributed by atoms with van der Waals surface area (Å²) in [6, 6.07) is 20.9. The Balaban J connectivity index is 1.65. The Kier molecular flexibility index (Phi) is 6.06. The average molecular weight is 481 g/mol. The van der Waals surface area contributed by atoms with Gasteiger partial charge in [0.2, 0.25) is 5.82 Å². The molecule has 0 saturated heterocycles. The smallest absolute Gasteiger partial charge is 0.326 e. The normalized spacial score (nSPS) is 15.8. The van der Waals surface area contributed by atoms with Crippen LogP contribution in [0.4, 0.5) is 10.5 Å². The quantitative estimate of drug-likeness (QED) is 0.359. The number of aryl methyl sites for hydroxylation is 3. The first-order valence-electron chi connectivity index (χ1n) is 11.8. The maximum absolute atomic E-state index is 13.5. The molecule has 0 saturated carbocycles. The van der Waals surface area contributed by atoms with E-state index in [-0.39, 0.29) is 6.03 Å². The fourth-order valence-corrected chi connectivity index (χ4v) is 4.61. The van der Waals surface area contributed by atoms with Crippen LogP contribution >= 0.6 is 0 Å². The molecule has 7 nitrogen and oxygen atoms in total. The molecule has 1 aromatic heterocycles. The molecular weight excluding hydrogens is 452 g/mol. The van der Waals surface area contributed by atoms with Gasteiger partial charge < -0.3 is 14.6 Å². The monoisotopic (exact) mass is 480 g/mol. The Morgan fingerprint density at radius 3 is 2.19 bits per heavy atom. The number of carbonyl (C=O) groups is 1. The van der Waals surface area contributed by atoms with Crippen LogP contribution in [0.3, 0.4) is 0 Å². The van der Waals surface area contributed by atoms with Gasteiger partial charge in [-0.3, -0.25) is 4.90 Å². The fraction of sp³-hybridized carbons (Fsp3) is 0.207. The Morgan fingerprint density at radius 1 is 0.889 bits per heavy atom. The van der Waals surface area contributed by atoms with Crippen molar-refractivity contribution in [3.8, 4) is 17.1 Å². The van der Waals surface area contributed by atoms with Crippen molar-refractivity contribution in [2.24, 2.45) is 0 Å². The van der Waals surface area contributed by atoms with E-state index in [1.54, 1.807) is 12.0 Å². The predicted molar refractivity (Wildman–Crippen MR) is 140 cm³/mol. The summed E-state index contributed by atoms with van der Waals surface area (Å²) in [6.45, 7) is 7.98. The number of amides is 2. The summed E-state index contributed by atoms with van der Waals surface area (Å²) >= 11 is 0. The summed E-state index contributed by atoms with van der Waals surface area (Å²) < 4.78 is 11.1. The molecule has 0 fully saturated rings. The number of rotatable bonds is 5. The molecule has 2 heterocycles. The molecule has 1 unspecified atom stereocenters. The number of methoxy groups -OCH3 is 1. The lowest BCUT2D eigenvalue weighted by molar-refractivity contribution is 0.244. The third kappa shape index (κ3) is 4.35. The van der Waals surface area contributed by atoms with Gasteiger partial charge >= 0.3 is 6.03 Å². The molecule has 7 heteroatoms. The van der Waals surface area contributed by atoms with Crippen LogP contribution in [0.25, 0.3) is 17.0 Å². The van der Waals surface area contributed by atoms with Gasteiger partial charge in [0, 0.05) is 11.3 Å². The second kappa shape index (κ2) is 9.34. The summed E-state index contributed by atoms with van der Waals surface area (Å²) in [5, 5.41) is 7.41. The van der Waals surface area contributed by atoms with Gasteiger partial charge in [0.15, 0.2) is 0 Å². The minimum atomic E-state index is -0.475. The van der Waals surface area contributed by atoms with Gasteiger partial charge in [0.25, 0.3) is 5.89 Å². The highest BCUT2D eigenvalue weighted by molar-refractivity contribution is 6.01. The number of anilines is 1. The Hall–Kier alpha value is -4.39. The number of ether oxygens (including phenoxy) is 1. The molecule has 36 heavy (non-hydrogen) atoms. The number of aromatic nitrogens is 2. The zero-order valence-corrected chi connectivity index (χ0v) is 21.0. The first kappa shape index (κ1) is 23.4. The van der Waals surface area contributed by atoms with Crippen molar-refractivity contribution >= 4 is 17.3 Å². The largest absolute Gasteiger partial charge is 0.497 e. The molecule has 0 bridgehead atoms. The van der Waals surface area contributed by atoms with E-state index in [4.69, 9.17) is 14.2 Å². The zero-order chi connectivity index (χ0) is 25.4. The van der Waals surface area contributed by atoms with Crippen LogP contribution in [-0.4, -0.2) is 23.3 Å². The molecule has 5 rings (SSSR count). The van der Waals surface area contributed by atoms with Crippen molar-refractivity contribution in [2.75, 3.05) is 12.0 Å². The minimum Gasteiger partial charge on any atom is -0.497 e. The highest BCUT2D eigenvalue weighted by atomic mass is 16.5. The van der Waals surface area contributed by atoms with E-state index in [9.17, 15) is 4.79 Å². The standard InChI is InChI=1S/C29H28N4O3/c1-17-6-8-22(9-7-17)27-31-28(36-32-27)25-20(4)33(23-15-18(2)14-19(3)16-23)29(34)30-26(25)21-10-12-24(35-5)13-11-21/h6-16,26H,1-5H3,(H,30,34). The third-order valence-corrected chi connectivity index (χ3v) is 6.36. The van der Waals surface area contributed by atoms with E-state index in [2.05, 4.69) is 16.5 Å². The molecule has 4 aromatic rings. The SMILES string of the molecule is COc1ccc(C2NC(=O)N(c3cc(C)cc(C)c3)C(C)=C2c2nc(-c3ccc(C)cc3)no2)cc1. The van der Waals surface area contributed by atoms with E-state index in [1.807, 2.05) is 88.4 Å². The number of allylic oxidation sites excluding steroid dienone is 1. The van der Waals surface area contributed by atoms with Crippen molar-refractivity contribution in [1.82, 2.24) is 15.5 Å². The van der Waals surface area contributed by atoms with Gasteiger partial charge in [-0.1, -0.05) is 53.2 Å². The lowest BCUT2D eigenvalue weighted by Crippen LogP contribution is -2.46. The predicted octanol–water partition coefficient (Wildman–Crippen LogP) is 6.37. The summed E-state index contributed by atoms with van der Waals surface area (Å²) in [6.07, 6.45) is 0. The molecule has 1 aliphatic heterocycles. The summed E-state index contributed by atoms with van der Waals surface area (Å²) in [5.41, 5.74) is 7.29. The van der Waals surface area contributed by atoms with Crippen LogP contribution in [0.15, 0.2) is 77.0 Å². The Bertz CT molecular complexity index is 1430. The van der Waals surface area contributed by atoms with Gasteiger partial charge in [-0.25, -0.2) is 4.79 Å². The Labute approximate surface area is 210 Å². The van der Waals surface area contributed by atoms with Crippen molar-refractivity contribution in [1.29, 1.82) is 0 Å². The van der Waals surface area contributed by atoms with Crippen LogP contribution in [0.2, 0.25) is 0 Å². The number of hydrogen-bond donors (Lipinski definition) is 1. The van der Waals surface area contributed by atoms with E-state index in [1.165, 1.54) is 0 Å². The average Bonchev–Trinajstić information content (AvgIpc) is 3.33. The van der Waals surface area contributed by atoms with Crippen molar-refractivity contribution in [3.63, 3.8) is 0 Å². The first-order chi connectivity index (χ1) is 17.3. The van der Waals surface area contributed by atoms with Crippen LogP contribution < -0.4 is 15.0 Å². The molecule has 2 amide bonds. The second-order valence-electron chi connectivity index (χ2n) is 9.13. The Morgan fingerprint density at radius 2 is 1.56 bits per heavy atom. The number of hydrogen-bond acceptors (Lipinski definition) is 5. The molecule has 1 atom stereocenters. The number of nitrogens with zero attached hydrogens (tertiary/aromatic N) is 3. The van der Waals surface area contributed by atoms with Crippen molar-refractivity contribution in [2.45, 2.75) is 33.7 Å². The first-order valence-corrected chi connectivity index (χ1v) is 11.8. The van der Waals surface area contributed by atoms with Crippen molar-refractivity contribution < 1.29 is 14.1 Å². The van der Waals surface area contributed by atoms with Crippen molar-refractivity contribution in [3.05, 3.63) is 101 Å². The van der Waals surface area contributed by atoms with Crippen LogP contribution in [-0.2, 0) is 0 Å². The number of benzene rings is 3. The van der Waals surface area contributed by atoms with Gasteiger partial charge in [-0.2, -0.15) is 4.98 Å². The fourth-order valence-electron chi connectivity index (χ4n) is 4.61. The molecule has 1 N–H and O–H groups in total. The lowest BCUT2D eigenvalue weighted by atomic mass is 9.94.